The molecule has 3 aromatic rings. The number of nitrogens with one attached hydrogen (secondary N) is 5. The Morgan fingerprint density at radius 3 is 2.59 bits per heavy atom. The molecular formula is C28H40N6O6S. The summed E-state index contributed by atoms with van der Waals surface area (Å²) < 4.78 is 33.5. The first-order valence-corrected chi connectivity index (χ1v) is 15.6. The van der Waals surface area contributed by atoms with Crippen LogP contribution in [0.15, 0.2) is 52.2 Å². The van der Waals surface area contributed by atoms with Crippen molar-refractivity contribution in [1.29, 1.82) is 0 Å². The minimum atomic E-state index is -3.66. The Balaban J connectivity index is 1.18. The number of piperidine rings is 1. The molecule has 0 saturated carbocycles. The molecule has 2 heterocycles. The van der Waals surface area contributed by atoms with Crippen molar-refractivity contribution in [2.24, 2.45) is 0 Å². The van der Waals surface area contributed by atoms with E-state index in [1.807, 2.05) is 0 Å². The van der Waals surface area contributed by atoms with Crippen molar-refractivity contribution in [3.05, 3.63) is 52.9 Å². The minimum absolute atomic E-state index is 0.0397. The van der Waals surface area contributed by atoms with Crippen molar-refractivity contribution in [3.63, 3.8) is 0 Å². The molecule has 12 nitrogen and oxygen atoms in total. The summed E-state index contributed by atoms with van der Waals surface area (Å²) >= 11 is 0. The zero-order chi connectivity index (χ0) is 29.2. The number of aromatic amines is 2. The van der Waals surface area contributed by atoms with Gasteiger partial charge in [-0.15, -0.1) is 0 Å². The average Bonchev–Trinajstić information content (AvgIpc) is 3.36. The summed E-state index contributed by atoms with van der Waals surface area (Å²) in [6, 6.07) is 11.2. The normalized spacial score (nSPS) is 15.6. The Morgan fingerprint density at radius 2 is 1.85 bits per heavy atom. The quantitative estimate of drug-likeness (QED) is 0.157. The summed E-state index contributed by atoms with van der Waals surface area (Å²) in [5.41, 5.74) is 1.38. The van der Waals surface area contributed by atoms with E-state index in [1.165, 1.54) is 16.4 Å². The van der Waals surface area contributed by atoms with Crippen molar-refractivity contribution < 1.29 is 23.1 Å². The van der Waals surface area contributed by atoms with Crippen molar-refractivity contribution >= 4 is 32.8 Å². The number of sulfonamides is 1. The Morgan fingerprint density at radius 1 is 1.10 bits per heavy atom. The highest BCUT2D eigenvalue weighted by Crippen LogP contribution is 2.23. The Bertz CT molecular complexity index is 1430. The number of para-hydroxylation sites is 1. The molecule has 0 spiro atoms. The molecule has 13 heteroatoms. The van der Waals surface area contributed by atoms with Gasteiger partial charge in [-0.3, -0.25) is 0 Å². The van der Waals surface area contributed by atoms with E-state index in [0.717, 1.165) is 25.7 Å². The van der Waals surface area contributed by atoms with E-state index in [2.05, 4.69) is 32.8 Å². The third kappa shape index (κ3) is 8.55. The van der Waals surface area contributed by atoms with E-state index in [-0.39, 0.29) is 35.8 Å². The number of benzene rings is 2. The number of unbranched alkanes of at least 4 members (excludes halogenated alkanes) is 3. The number of hydrogen-bond acceptors (Lipinski definition) is 7. The third-order valence-corrected chi connectivity index (χ3v) is 9.02. The number of urea groups is 1. The van der Waals surface area contributed by atoms with Crippen molar-refractivity contribution in [2.45, 2.75) is 62.5 Å². The maximum atomic E-state index is 13.2. The molecule has 0 aliphatic carbocycles. The fourth-order valence-corrected chi connectivity index (χ4v) is 6.26. The highest BCUT2D eigenvalue weighted by atomic mass is 32.2. The van der Waals surface area contributed by atoms with Crippen LogP contribution in [0.1, 0.15) is 45.4 Å². The van der Waals surface area contributed by atoms with Gasteiger partial charge < -0.3 is 35.8 Å². The van der Waals surface area contributed by atoms with Crippen LogP contribution in [-0.2, 0) is 10.0 Å². The maximum absolute atomic E-state index is 13.2. The second-order valence-corrected chi connectivity index (χ2v) is 12.2. The number of ether oxygens (including phenoxy) is 1. The molecule has 1 aromatic heterocycles. The first kappa shape index (κ1) is 30.6. The summed E-state index contributed by atoms with van der Waals surface area (Å²) in [6.45, 7) is 3.78. The maximum Gasteiger partial charge on any atom is 0.323 e. The zero-order valence-electron chi connectivity index (χ0n) is 23.3. The fourth-order valence-electron chi connectivity index (χ4n) is 4.79. The lowest BCUT2D eigenvalue weighted by Gasteiger charge is -2.32. The summed E-state index contributed by atoms with van der Waals surface area (Å²) in [5, 5.41) is 19.2. The van der Waals surface area contributed by atoms with Gasteiger partial charge in [0.25, 0.3) is 0 Å². The molecule has 2 aromatic carbocycles. The summed E-state index contributed by atoms with van der Waals surface area (Å²) in [6.07, 6.45) is 4.71. The molecule has 1 aliphatic rings. The highest BCUT2D eigenvalue weighted by molar-refractivity contribution is 7.89. The van der Waals surface area contributed by atoms with Gasteiger partial charge in [0.05, 0.1) is 10.4 Å². The number of fused-ring (bicyclic) bond motifs is 1. The highest BCUT2D eigenvalue weighted by Gasteiger charge is 2.29. The number of H-pyrrole nitrogens is 2. The van der Waals surface area contributed by atoms with Gasteiger partial charge in [-0.1, -0.05) is 32.3 Å². The lowest BCUT2D eigenvalue weighted by atomic mass is 10.1. The molecule has 41 heavy (non-hydrogen) atoms. The van der Waals surface area contributed by atoms with Gasteiger partial charge in [-0.2, -0.15) is 4.31 Å². The van der Waals surface area contributed by atoms with E-state index in [0.29, 0.717) is 54.9 Å². The number of rotatable bonds is 14. The van der Waals surface area contributed by atoms with Crippen LogP contribution in [0.2, 0.25) is 0 Å². The van der Waals surface area contributed by atoms with Crippen LogP contribution in [0.25, 0.3) is 11.0 Å². The Kier molecular flexibility index (Phi) is 10.8. The van der Waals surface area contributed by atoms with Crippen LogP contribution in [0.5, 0.6) is 5.75 Å². The summed E-state index contributed by atoms with van der Waals surface area (Å²) in [4.78, 5) is 29.1. The minimum Gasteiger partial charge on any atom is -0.489 e. The van der Waals surface area contributed by atoms with Crippen molar-refractivity contribution in [3.8, 4) is 5.75 Å². The SMILES string of the molecule is CCCCCCNC(=O)Nc1ccc(S(=O)(=O)N2CCC(NCC(O)COc3cccc4[nH]c(=O)[nH]c34)CC2)cc1. The van der Waals surface area contributed by atoms with Gasteiger partial charge >= 0.3 is 11.7 Å². The first-order chi connectivity index (χ1) is 19.8. The molecule has 0 bridgehead atoms. The van der Waals surface area contributed by atoms with Crippen LogP contribution in [-0.4, -0.2) is 78.8 Å². The number of imidazole rings is 1. The topological polar surface area (TPSA) is 169 Å². The lowest BCUT2D eigenvalue weighted by Crippen LogP contribution is -2.47. The van der Waals surface area contributed by atoms with Gasteiger partial charge in [0.15, 0.2) is 0 Å². The Labute approximate surface area is 239 Å². The van der Waals surface area contributed by atoms with Crippen LogP contribution in [0, 0.1) is 0 Å². The number of hydrogen-bond donors (Lipinski definition) is 6. The standard InChI is InChI=1S/C28H40N6O6S/c1-2-3-4-5-15-29-27(36)31-21-9-11-23(12-10-21)41(38,39)34-16-13-20(14-17-34)30-18-22(35)19-40-25-8-6-7-24-26(25)33-28(37)32-24/h6-12,20,22,30,35H,2-5,13-19H2,1H3,(H2,29,31,36)(H2,32,33,37). The number of aromatic nitrogens is 2. The third-order valence-electron chi connectivity index (χ3n) is 7.11. The predicted molar refractivity (Wildman–Crippen MR) is 158 cm³/mol. The largest absolute Gasteiger partial charge is 0.489 e. The molecule has 2 amide bonds. The van der Waals surface area contributed by atoms with Crippen molar-refractivity contribution in [1.82, 2.24) is 24.9 Å². The molecule has 6 N–H and O–H groups in total. The predicted octanol–water partition coefficient (Wildman–Crippen LogP) is 2.74. The van der Waals surface area contributed by atoms with Crippen LogP contribution in [0.3, 0.4) is 0 Å². The van der Waals surface area contributed by atoms with Gasteiger partial charge in [0, 0.05) is 37.9 Å². The summed E-state index contributed by atoms with van der Waals surface area (Å²) in [5.74, 6) is 0.475. The molecule has 224 valence electrons. The molecule has 1 unspecified atom stereocenters. The van der Waals surface area contributed by atoms with Crippen LogP contribution < -0.4 is 26.4 Å². The van der Waals surface area contributed by atoms with E-state index in [1.54, 1.807) is 30.3 Å². The van der Waals surface area contributed by atoms with Gasteiger partial charge in [-0.05, 0) is 55.7 Å². The lowest BCUT2D eigenvalue weighted by molar-refractivity contribution is 0.101. The fraction of sp³-hybridized carbons (Fsp3) is 0.500. The Hall–Kier alpha value is -3.39. The smallest absolute Gasteiger partial charge is 0.323 e. The monoisotopic (exact) mass is 588 g/mol. The second-order valence-electron chi connectivity index (χ2n) is 10.3. The molecule has 1 aliphatic heterocycles. The molecule has 1 fully saturated rings. The number of anilines is 1. The second kappa shape index (κ2) is 14.5. The van der Waals surface area contributed by atoms with E-state index in [9.17, 15) is 23.1 Å². The van der Waals surface area contributed by atoms with Gasteiger partial charge in [0.2, 0.25) is 10.0 Å². The average molecular weight is 589 g/mol. The molecule has 1 atom stereocenters. The van der Waals surface area contributed by atoms with Gasteiger partial charge in [0.1, 0.15) is 24.0 Å². The van der Waals surface area contributed by atoms with E-state index < -0.39 is 16.1 Å². The molecular weight excluding hydrogens is 548 g/mol. The summed E-state index contributed by atoms with van der Waals surface area (Å²) in [7, 11) is -3.66. The number of aliphatic hydroxyl groups is 1. The molecule has 4 rings (SSSR count). The number of amides is 2. The molecule has 0 radical (unpaired) electrons. The molecule has 1 saturated heterocycles. The van der Waals surface area contributed by atoms with Crippen molar-refractivity contribution in [2.75, 3.05) is 38.1 Å². The zero-order valence-corrected chi connectivity index (χ0v) is 24.1. The number of carbonyl (C=O) groups is 1. The number of nitrogens with zero attached hydrogens (tertiary/aromatic N) is 1. The van der Waals surface area contributed by atoms with E-state index in [4.69, 9.17) is 4.74 Å². The van der Waals surface area contributed by atoms with Crippen LogP contribution in [0.4, 0.5) is 10.5 Å². The number of aliphatic hydroxyl groups excluding tert-OH is 1. The van der Waals surface area contributed by atoms with Gasteiger partial charge in [-0.25, -0.2) is 18.0 Å². The van der Waals surface area contributed by atoms with E-state index >= 15 is 0 Å². The number of carbonyl (C=O) groups excluding carboxylic acids is 1. The first-order valence-electron chi connectivity index (χ1n) is 14.2. The van der Waals surface area contributed by atoms with Crippen LogP contribution >= 0.6 is 0 Å².